The summed E-state index contributed by atoms with van der Waals surface area (Å²) in [5.41, 5.74) is 5.46. The molecule has 41 heavy (non-hydrogen) atoms. The third-order valence-corrected chi connectivity index (χ3v) is 9.22. The van der Waals surface area contributed by atoms with Crippen LogP contribution in [-0.4, -0.2) is 71.6 Å². The van der Waals surface area contributed by atoms with Gasteiger partial charge in [0.2, 0.25) is 0 Å². The minimum absolute atomic E-state index is 0.00848. The van der Waals surface area contributed by atoms with Crippen LogP contribution in [0.2, 0.25) is 0 Å². The number of pyridine rings is 1. The first-order valence-corrected chi connectivity index (χ1v) is 16.0. The van der Waals surface area contributed by atoms with Crippen LogP contribution in [0.15, 0.2) is 59.6 Å². The lowest BCUT2D eigenvalue weighted by atomic mass is 9.99. The van der Waals surface area contributed by atoms with E-state index in [1.807, 2.05) is 47.1 Å². The monoisotopic (exact) mass is 571 g/mol. The molecule has 2 fully saturated rings. The number of nitrogens with one attached hydrogen (secondary N) is 2. The molecule has 0 saturated carbocycles. The van der Waals surface area contributed by atoms with Crippen LogP contribution in [0.1, 0.15) is 39.9 Å². The Bertz CT molecular complexity index is 1580. The Morgan fingerprint density at radius 2 is 1.71 bits per heavy atom. The van der Waals surface area contributed by atoms with Gasteiger partial charge in [-0.3, -0.25) is 4.79 Å². The Hall–Kier alpha value is -4.10. The SMILES string of the molecule is Cc1cc(C)c(C(=O)N2CCN(c3ncccc3[S@](C)(=N)=O)CC2)cc1NC1CCN(c2ccccc2C#N)CC1. The van der Waals surface area contributed by atoms with Crippen LogP contribution in [0.5, 0.6) is 0 Å². The molecule has 2 N–H and O–H groups in total. The van der Waals surface area contributed by atoms with E-state index in [4.69, 9.17) is 4.78 Å². The van der Waals surface area contributed by atoms with Crippen LogP contribution >= 0.6 is 0 Å². The summed E-state index contributed by atoms with van der Waals surface area (Å²) in [5.74, 6) is 0.580. The van der Waals surface area contributed by atoms with E-state index in [2.05, 4.69) is 34.3 Å². The van der Waals surface area contributed by atoms with Crippen molar-refractivity contribution < 1.29 is 9.00 Å². The van der Waals surface area contributed by atoms with Crippen molar-refractivity contribution in [3.05, 3.63) is 77.0 Å². The molecule has 2 aliphatic heterocycles. The second-order valence-electron chi connectivity index (χ2n) is 11.0. The first-order valence-electron chi connectivity index (χ1n) is 14.0. The van der Waals surface area contributed by atoms with Crippen LogP contribution in [0.25, 0.3) is 0 Å². The van der Waals surface area contributed by atoms with Gasteiger partial charge >= 0.3 is 0 Å². The van der Waals surface area contributed by atoms with Crippen LogP contribution in [0, 0.1) is 30.0 Å². The largest absolute Gasteiger partial charge is 0.382 e. The Kier molecular flexibility index (Phi) is 8.18. The molecule has 2 saturated heterocycles. The van der Waals surface area contributed by atoms with E-state index < -0.39 is 9.73 Å². The summed E-state index contributed by atoms with van der Waals surface area (Å²) in [7, 11) is -2.91. The zero-order chi connectivity index (χ0) is 29.1. The molecule has 5 rings (SSSR count). The first kappa shape index (κ1) is 28.4. The normalized spacial score (nSPS) is 17.6. The third-order valence-electron chi connectivity index (χ3n) is 8.06. The molecule has 0 aliphatic carbocycles. The summed E-state index contributed by atoms with van der Waals surface area (Å²) in [6.07, 6.45) is 4.95. The van der Waals surface area contributed by atoms with E-state index in [-0.39, 0.29) is 11.9 Å². The predicted molar refractivity (Wildman–Crippen MR) is 163 cm³/mol. The predicted octanol–water partition coefficient (Wildman–Crippen LogP) is 4.65. The second-order valence-corrected chi connectivity index (χ2v) is 13.1. The fourth-order valence-electron chi connectivity index (χ4n) is 5.78. The second kappa shape index (κ2) is 11.8. The van der Waals surface area contributed by atoms with Crippen molar-refractivity contribution in [2.24, 2.45) is 0 Å². The van der Waals surface area contributed by atoms with Crippen molar-refractivity contribution in [1.29, 1.82) is 10.0 Å². The summed E-state index contributed by atoms with van der Waals surface area (Å²) in [5, 5.41) is 13.2. The topological polar surface area (TPSA) is 116 Å². The van der Waals surface area contributed by atoms with E-state index in [0.29, 0.717) is 48.0 Å². The van der Waals surface area contributed by atoms with Crippen LogP contribution in [0.3, 0.4) is 0 Å². The number of carbonyl (C=O) groups excluding carboxylic acids is 1. The molecule has 3 heterocycles. The number of para-hydroxylation sites is 1. The lowest BCUT2D eigenvalue weighted by molar-refractivity contribution is 0.0745. The smallest absolute Gasteiger partial charge is 0.254 e. The highest BCUT2D eigenvalue weighted by molar-refractivity contribution is 7.91. The molecule has 1 atom stereocenters. The van der Waals surface area contributed by atoms with Gasteiger partial charge in [-0.2, -0.15) is 5.26 Å². The number of nitrogens with zero attached hydrogens (tertiary/aromatic N) is 5. The van der Waals surface area contributed by atoms with Crippen molar-refractivity contribution in [1.82, 2.24) is 9.88 Å². The molecule has 2 aromatic carbocycles. The molecule has 1 amide bonds. The molecular weight excluding hydrogens is 534 g/mol. The average molecular weight is 572 g/mol. The molecule has 10 heteroatoms. The molecular formula is C31H37N7O2S. The quantitative estimate of drug-likeness (QED) is 0.442. The maximum Gasteiger partial charge on any atom is 0.254 e. The van der Waals surface area contributed by atoms with E-state index in [1.165, 1.54) is 6.26 Å². The molecule has 0 bridgehead atoms. The third kappa shape index (κ3) is 6.15. The number of piperidine rings is 1. The highest BCUT2D eigenvalue weighted by Gasteiger charge is 2.27. The zero-order valence-electron chi connectivity index (χ0n) is 23.9. The number of hydrogen-bond donors (Lipinski definition) is 2. The fourth-order valence-corrected chi connectivity index (χ4v) is 6.65. The molecule has 2 aliphatic rings. The summed E-state index contributed by atoms with van der Waals surface area (Å²) < 4.78 is 20.5. The van der Waals surface area contributed by atoms with Gasteiger partial charge in [-0.1, -0.05) is 18.2 Å². The number of rotatable bonds is 6. The van der Waals surface area contributed by atoms with Gasteiger partial charge in [0, 0.05) is 69.0 Å². The number of carbonyl (C=O) groups is 1. The van der Waals surface area contributed by atoms with E-state index in [9.17, 15) is 14.3 Å². The van der Waals surface area contributed by atoms with Crippen molar-refractivity contribution in [3.8, 4) is 6.07 Å². The standard InChI is InChI=1S/C31H37N7O2S/c1-22-19-23(2)27(35-25-10-13-36(14-11-25)28-8-5-4-7-24(28)21-32)20-26(22)31(39)38-17-15-37(16-18-38)30-29(41(3,33)40)9-6-12-34-30/h4-9,12,19-20,25,33,35H,10-11,13-18H2,1-3H3/t41-/m1/s1. The Labute approximate surface area is 242 Å². The zero-order valence-corrected chi connectivity index (χ0v) is 24.7. The summed E-state index contributed by atoms with van der Waals surface area (Å²) in [6.45, 7) is 7.96. The van der Waals surface area contributed by atoms with Crippen molar-refractivity contribution in [2.75, 3.05) is 60.6 Å². The Morgan fingerprint density at radius 1 is 1.00 bits per heavy atom. The number of anilines is 3. The molecule has 214 valence electrons. The van der Waals surface area contributed by atoms with Gasteiger partial charge in [0.15, 0.2) is 0 Å². The molecule has 1 aromatic heterocycles. The molecule has 0 spiro atoms. The highest BCUT2D eigenvalue weighted by Crippen LogP contribution is 2.29. The number of aryl methyl sites for hydroxylation is 2. The van der Waals surface area contributed by atoms with Gasteiger partial charge in [-0.05, 0) is 68.1 Å². The lowest BCUT2D eigenvalue weighted by Gasteiger charge is -2.36. The van der Waals surface area contributed by atoms with Crippen LogP contribution < -0.4 is 15.1 Å². The highest BCUT2D eigenvalue weighted by atomic mass is 32.2. The summed E-state index contributed by atoms with van der Waals surface area (Å²) in [6, 6.07) is 17.8. The van der Waals surface area contributed by atoms with Gasteiger partial charge in [-0.25, -0.2) is 14.0 Å². The van der Waals surface area contributed by atoms with Crippen molar-refractivity contribution in [3.63, 3.8) is 0 Å². The van der Waals surface area contributed by atoms with E-state index in [1.54, 1.807) is 18.3 Å². The fraction of sp³-hybridized carbons (Fsp3) is 0.387. The number of amides is 1. The molecule has 9 nitrogen and oxygen atoms in total. The summed E-state index contributed by atoms with van der Waals surface area (Å²) >= 11 is 0. The number of hydrogen-bond acceptors (Lipinski definition) is 8. The van der Waals surface area contributed by atoms with Crippen LogP contribution in [0.4, 0.5) is 17.2 Å². The minimum atomic E-state index is -2.91. The van der Waals surface area contributed by atoms with Gasteiger partial charge in [-0.15, -0.1) is 0 Å². The molecule has 0 radical (unpaired) electrons. The maximum absolute atomic E-state index is 13.7. The maximum atomic E-state index is 13.7. The van der Waals surface area contributed by atoms with Crippen molar-refractivity contribution >= 4 is 32.8 Å². The average Bonchev–Trinajstić information content (AvgIpc) is 2.98. The van der Waals surface area contributed by atoms with Gasteiger partial charge in [0.05, 0.1) is 25.9 Å². The number of piperazine rings is 1. The Balaban J connectivity index is 1.24. The van der Waals surface area contributed by atoms with Gasteiger partial charge in [0.1, 0.15) is 11.9 Å². The van der Waals surface area contributed by atoms with E-state index in [0.717, 1.165) is 48.4 Å². The van der Waals surface area contributed by atoms with Crippen molar-refractivity contribution in [2.45, 2.75) is 37.6 Å². The molecule has 3 aromatic rings. The van der Waals surface area contributed by atoms with Gasteiger partial charge < -0.3 is 20.0 Å². The molecule has 0 unspecified atom stereocenters. The number of nitriles is 1. The van der Waals surface area contributed by atoms with E-state index >= 15 is 0 Å². The lowest BCUT2D eigenvalue weighted by Crippen LogP contribution is -2.49. The minimum Gasteiger partial charge on any atom is -0.382 e. The van der Waals surface area contributed by atoms with Crippen LogP contribution in [-0.2, 0) is 9.73 Å². The van der Waals surface area contributed by atoms with Gasteiger partial charge in [0.25, 0.3) is 5.91 Å². The number of benzene rings is 2. The Morgan fingerprint density at radius 3 is 2.39 bits per heavy atom. The number of aromatic nitrogens is 1. The summed E-state index contributed by atoms with van der Waals surface area (Å²) in [4.78, 5) is 24.7. The first-order chi connectivity index (χ1) is 19.7.